The van der Waals surface area contributed by atoms with Crippen LogP contribution in [0.3, 0.4) is 0 Å². The van der Waals surface area contributed by atoms with Crippen LogP contribution in [0.5, 0.6) is 5.75 Å². The molecule has 0 fully saturated rings. The van der Waals surface area contributed by atoms with Gasteiger partial charge < -0.3 is 15.4 Å². The van der Waals surface area contributed by atoms with Crippen molar-refractivity contribution in [2.45, 2.75) is 32.6 Å². The van der Waals surface area contributed by atoms with E-state index in [1.54, 1.807) is 26.2 Å². The third-order valence-electron chi connectivity index (χ3n) is 4.11. The van der Waals surface area contributed by atoms with Gasteiger partial charge in [0.1, 0.15) is 11.6 Å². The second kappa shape index (κ2) is 9.01. The van der Waals surface area contributed by atoms with Crippen molar-refractivity contribution in [3.63, 3.8) is 0 Å². The number of aromatic nitrogens is 2. The van der Waals surface area contributed by atoms with E-state index < -0.39 is 10.0 Å². The Labute approximate surface area is 160 Å². The summed E-state index contributed by atoms with van der Waals surface area (Å²) in [5.74, 6) is 1.86. The van der Waals surface area contributed by atoms with Crippen LogP contribution in [0.15, 0.2) is 23.1 Å². The molecule has 9 heteroatoms. The average Bonchev–Trinajstić information content (AvgIpc) is 2.60. The summed E-state index contributed by atoms with van der Waals surface area (Å²) < 4.78 is 33.0. The Bertz CT molecular complexity index is 900. The summed E-state index contributed by atoms with van der Waals surface area (Å²) in [5.41, 5.74) is 2.31. The lowest BCUT2D eigenvalue weighted by Gasteiger charge is -2.14. The topological polar surface area (TPSA) is 105 Å². The molecule has 0 saturated carbocycles. The lowest BCUT2D eigenvalue weighted by molar-refractivity contribution is 0.410. The first kappa shape index (κ1) is 20.9. The second-order valence-corrected chi connectivity index (χ2v) is 7.82. The summed E-state index contributed by atoms with van der Waals surface area (Å²) in [4.78, 5) is 8.89. The van der Waals surface area contributed by atoms with Crippen LogP contribution >= 0.6 is 0 Å². The van der Waals surface area contributed by atoms with Crippen LogP contribution in [0, 0.1) is 20.8 Å². The lowest BCUT2D eigenvalue weighted by atomic mass is 10.1. The Morgan fingerprint density at radius 3 is 2.44 bits per heavy atom. The van der Waals surface area contributed by atoms with Gasteiger partial charge in [-0.05, 0) is 51.0 Å². The minimum Gasteiger partial charge on any atom is -0.496 e. The largest absolute Gasteiger partial charge is 0.496 e. The first-order chi connectivity index (χ1) is 12.8. The van der Waals surface area contributed by atoms with Crippen molar-refractivity contribution in [1.29, 1.82) is 0 Å². The molecule has 1 heterocycles. The van der Waals surface area contributed by atoms with Crippen LogP contribution in [0.25, 0.3) is 0 Å². The summed E-state index contributed by atoms with van der Waals surface area (Å²) in [6.45, 7) is 8.81. The predicted octanol–water partition coefficient (Wildman–Crippen LogP) is 2.23. The number of hydrogen-bond acceptors (Lipinski definition) is 7. The monoisotopic (exact) mass is 393 g/mol. The van der Waals surface area contributed by atoms with E-state index >= 15 is 0 Å². The van der Waals surface area contributed by atoms with Gasteiger partial charge >= 0.3 is 0 Å². The third kappa shape index (κ3) is 5.30. The molecular formula is C18H27N5O3S. The number of anilines is 2. The van der Waals surface area contributed by atoms with Gasteiger partial charge in [0, 0.05) is 31.4 Å². The third-order valence-corrected chi connectivity index (χ3v) is 5.71. The molecule has 0 atom stereocenters. The Balaban J connectivity index is 2.00. The van der Waals surface area contributed by atoms with Crippen molar-refractivity contribution in [3.8, 4) is 5.75 Å². The van der Waals surface area contributed by atoms with E-state index in [0.717, 1.165) is 23.6 Å². The zero-order chi connectivity index (χ0) is 20.0. The molecule has 0 aliphatic carbocycles. The van der Waals surface area contributed by atoms with E-state index in [4.69, 9.17) is 4.74 Å². The highest BCUT2D eigenvalue weighted by Crippen LogP contribution is 2.26. The molecular weight excluding hydrogens is 366 g/mol. The maximum Gasteiger partial charge on any atom is 0.240 e. The summed E-state index contributed by atoms with van der Waals surface area (Å²) in [7, 11) is -2.05. The van der Waals surface area contributed by atoms with E-state index in [0.29, 0.717) is 23.8 Å². The Hall–Kier alpha value is -2.39. The second-order valence-electron chi connectivity index (χ2n) is 6.09. The van der Waals surface area contributed by atoms with Gasteiger partial charge in [0.15, 0.2) is 0 Å². The molecule has 2 rings (SSSR count). The van der Waals surface area contributed by atoms with Gasteiger partial charge in [-0.1, -0.05) is 0 Å². The number of benzene rings is 1. The highest BCUT2D eigenvalue weighted by molar-refractivity contribution is 7.89. The van der Waals surface area contributed by atoms with E-state index in [1.165, 1.54) is 0 Å². The molecule has 1 aromatic carbocycles. The molecule has 2 aromatic rings. The van der Waals surface area contributed by atoms with E-state index in [1.807, 2.05) is 26.8 Å². The number of sulfonamides is 1. The zero-order valence-corrected chi connectivity index (χ0v) is 17.2. The predicted molar refractivity (Wildman–Crippen MR) is 107 cm³/mol. The van der Waals surface area contributed by atoms with Crippen LogP contribution in [-0.2, 0) is 10.0 Å². The number of nitrogens with one attached hydrogen (secondary N) is 3. The van der Waals surface area contributed by atoms with Crippen molar-refractivity contribution in [1.82, 2.24) is 14.7 Å². The van der Waals surface area contributed by atoms with Crippen molar-refractivity contribution in [3.05, 3.63) is 35.0 Å². The molecule has 8 nitrogen and oxygen atoms in total. The molecule has 0 aliphatic heterocycles. The Kier molecular flexibility index (Phi) is 6.98. The number of ether oxygens (including phenoxy) is 1. The molecule has 0 radical (unpaired) electrons. The van der Waals surface area contributed by atoms with Gasteiger partial charge in [-0.25, -0.2) is 18.1 Å². The van der Waals surface area contributed by atoms with Crippen molar-refractivity contribution < 1.29 is 13.2 Å². The fraction of sp³-hybridized carbons (Fsp3) is 0.444. The van der Waals surface area contributed by atoms with Crippen molar-refractivity contribution in [2.75, 3.05) is 37.4 Å². The summed E-state index contributed by atoms with van der Waals surface area (Å²) in [6, 6.07) is 5.08. The first-order valence-corrected chi connectivity index (χ1v) is 10.2. The molecule has 0 unspecified atom stereocenters. The number of hydrogen-bond donors (Lipinski definition) is 3. The molecule has 1 aromatic heterocycles. The SMILES string of the molecule is CCNc1cc(C)nc(NCCNS(=O)(=O)c2ccc(OC)c(C)c2C)n1. The van der Waals surface area contributed by atoms with Crippen molar-refractivity contribution >= 4 is 21.8 Å². The minimum absolute atomic E-state index is 0.209. The van der Waals surface area contributed by atoms with Gasteiger partial charge in [0.05, 0.1) is 12.0 Å². The maximum atomic E-state index is 12.6. The number of rotatable bonds is 9. The van der Waals surface area contributed by atoms with Crippen LogP contribution in [0.4, 0.5) is 11.8 Å². The molecule has 0 aliphatic rings. The maximum absolute atomic E-state index is 12.6. The molecule has 0 spiro atoms. The van der Waals surface area contributed by atoms with E-state index in [-0.39, 0.29) is 11.4 Å². The standard InChI is InChI=1S/C18H27N5O3S/c1-6-19-17-11-12(2)22-18(23-17)20-9-10-21-27(24,25)16-8-7-15(26-5)13(3)14(16)4/h7-8,11,21H,6,9-10H2,1-5H3,(H2,19,20,22,23). The Morgan fingerprint density at radius 2 is 1.78 bits per heavy atom. The highest BCUT2D eigenvalue weighted by atomic mass is 32.2. The molecule has 0 saturated heterocycles. The summed E-state index contributed by atoms with van der Waals surface area (Å²) in [6.07, 6.45) is 0. The molecule has 0 amide bonds. The molecule has 0 bridgehead atoms. The van der Waals surface area contributed by atoms with Gasteiger partial charge in [0.2, 0.25) is 16.0 Å². The molecule has 148 valence electrons. The smallest absolute Gasteiger partial charge is 0.240 e. The number of methoxy groups -OCH3 is 1. The van der Waals surface area contributed by atoms with Crippen LogP contribution in [0.2, 0.25) is 0 Å². The first-order valence-electron chi connectivity index (χ1n) is 8.75. The van der Waals surface area contributed by atoms with Gasteiger partial charge in [-0.15, -0.1) is 0 Å². The normalized spacial score (nSPS) is 11.3. The summed E-state index contributed by atoms with van der Waals surface area (Å²) in [5, 5.41) is 6.18. The lowest BCUT2D eigenvalue weighted by Crippen LogP contribution is -2.30. The quantitative estimate of drug-likeness (QED) is 0.561. The van der Waals surface area contributed by atoms with Gasteiger partial charge in [-0.2, -0.15) is 4.98 Å². The van der Waals surface area contributed by atoms with Gasteiger partial charge in [0.25, 0.3) is 0 Å². The van der Waals surface area contributed by atoms with Crippen LogP contribution < -0.4 is 20.1 Å². The average molecular weight is 394 g/mol. The van der Waals surface area contributed by atoms with Gasteiger partial charge in [-0.3, -0.25) is 0 Å². The number of nitrogens with zero attached hydrogens (tertiary/aromatic N) is 2. The van der Waals surface area contributed by atoms with E-state index in [9.17, 15) is 8.42 Å². The van der Waals surface area contributed by atoms with Crippen LogP contribution in [-0.4, -0.2) is 45.1 Å². The fourth-order valence-electron chi connectivity index (χ4n) is 2.64. The molecule has 27 heavy (non-hydrogen) atoms. The fourth-order valence-corrected chi connectivity index (χ4v) is 3.97. The molecule has 3 N–H and O–H groups in total. The minimum atomic E-state index is -3.62. The Morgan fingerprint density at radius 1 is 1.04 bits per heavy atom. The number of aryl methyl sites for hydroxylation is 1. The van der Waals surface area contributed by atoms with E-state index in [2.05, 4.69) is 25.3 Å². The summed E-state index contributed by atoms with van der Waals surface area (Å²) >= 11 is 0. The van der Waals surface area contributed by atoms with Crippen molar-refractivity contribution in [2.24, 2.45) is 0 Å². The highest BCUT2D eigenvalue weighted by Gasteiger charge is 2.19. The zero-order valence-electron chi connectivity index (χ0n) is 16.4. The van der Waals surface area contributed by atoms with Crippen LogP contribution in [0.1, 0.15) is 23.7 Å².